The zero-order chi connectivity index (χ0) is 14.5. The summed E-state index contributed by atoms with van der Waals surface area (Å²) in [5.74, 6) is -0.0639. The monoisotopic (exact) mass is 306 g/mol. The standard InChI is InChI=1S/C15H15ClN2OS/c1-10-12(16)6-5-7-13(10)18-15(19)11(2)20-14-8-3-4-9-17-14/h3-9,11H,1-2H3,(H,18,19). The Hall–Kier alpha value is -1.52. The van der Waals surface area contributed by atoms with Crippen LogP contribution in [0.5, 0.6) is 0 Å². The summed E-state index contributed by atoms with van der Waals surface area (Å²) in [6, 6.07) is 11.1. The minimum atomic E-state index is -0.233. The van der Waals surface area contributed by atoms with Crippen molar-refractivity contribution >= 4 is 35.0 Å². The van der Waals surface area contributed by atoms with Gasteiger partial charge in [0.25, 0.3) is 0 Å². The largest absolute Gasteiger partial charge is 0.325 e. The number of nitrogens with zero attached hydrogens (tertiary/aromatic N) is 1. The van der Waals surface area contributed by atoms with E-state index in [0.29, 0.717) is 5.02 Å². The molecule has 0 radical (unpaired) electrons. The molecule has 5 heteroatoms. The van der Waals surface area contributed by atoms with Crippen LogP contribution in [-0.2, 0) is 4.79 Å². The fourth-order valence-corrected chi connectivity index (χ4v) is 2.61. The number of rotatable bonds is 4. The number of nitrogens with one attached hydrogen (secondary N) is 1. The fraction of sp³-hybridized carbons (Fsp3) is 0.200. The Bertz CT molecular complexity index is 604. The van der Waals surface area contributed by atoms with Crippen molar-refractivity contribution < 1.29 is 4.79 Å². The lowest BCUT2D eigenvalue weighted by atomic mass is 10.2. The van der Waals surface area contributed by atoms with Crippen molar-refractivity contribution in [2.45, 2.75) is 24.1 Å². The maximum absolute atomic E-state index is 12.2. The van der Waals surface area contributed by atoms with E-state index in [-0.39, 0.29) is 11.2 Å². The molecule has 20 heavy (non-hydrogen) atoms. The number of hydrogen-bond acceptors (Lipinski definition) is 3. The summed E-state index contributed by atoms with van der Waals surface area (Å²) >= 11 is 7.46. The maximum Gasteiger partial charge on any atom is 0.237 e. The molecule has 0 spiro atoms. The molecule has 1 N–H and O–H groups in total. The normalized spacial score (nSPS) is 11.9. The van der Waals surface area contributed by atoms with Crippen LogP contribution in [0.3, 0.4) is 0 Å². The molecule has 0 aliphatic heterocycles. The minimum Gasteiger partial charge on any atom is -0.325 e. The quantitative estimate of drug-likeness (QED) is 0.862. The van der Waals surface area contributed by atoms with Crippen LogP contribution in [0.25, 0.3) is 0 Å². The van der Waals surface area contributed by atoms with E-state index in [9.17, 15) is 4.79 Å². The second-order valence-electron chi connectivity index (χ2n) is 4.33. The van der Waals surface area contributed by atoms with Crippen molar-refractivity contribution in [3.63, 3.8) is 0 Å². The minimum absolute atomic E-state index is 0.0639. The molecule has 1 aromatic carbocycles. The molecule has 1 unspecified atom stereocenters. The van der Waals surface area contributed by atoms with Crippen LogP contribution >= 0.6 is 23.4 Å². The van der Waals surface area contributed by atoms with Gasteiger partial charge in [-0.25, -0.2) is 4.98 Å². The van der Waals surface area contributed by atoms with Crippen molar-refractivity contribution in [2.75, 3.05) is 5.32 Å². The summed E-state index contributed by atoms with van der Waals surface area (Å²) in [5.41, 5.74) is 1.62. The van der Waals surface area contributed by atoms with Gasteiger partial charge in [-0.05, 0) is 43.7 Å². The van der Waals surface area contributed by atoms with E-state index in [4.69, 9.17) is 11.6 Å². The first-order valence-electron chi connectivity index (χ1n) is 6.21. The zero-order valence-corrected chi connectivity index (χ0v) is 12.8. The summed E-state index contributed by atoms with van der Waals surface area (Å²) in [6.07, 6.45) is 1.72. The van der Waals surface area contributed by atoms with Crippen molar-refractivity contribution in [1.29, 1.82) is 0 Å². The summed E-state index contributed by atoms with van der Waals surface area (Å²) in [4.78, 5) is 16.4. The van der Waals surface area contributed by atoms with Crippen LogP contribution in [0.2, 0.25) is 5.02 Å². The molecular weight excluding hydrogens is 292 g/mol. The Morgan fingerprint density at radius 1 is 1.30 bits per heavy atom. The molecule has 0 saturated heterocycles. The highest BCUT2D eigenvalue weighted by Gasteiger charge is 2.16. The highest BCUT2D eigenvalue weighted by molar-refractivity contribution is 8.00. The first kappa shape index (κ1) is 14.9. The molecule has 2 aromatic rings. The molecule has 1 aromatic heterocycles. The number of carbonyl (C=O) groups excluding carboxylic acids is 1. The van der Waals surface area contributed by atoms with E-state index < -0.39 is 0 Å². The molecule has 1 heterocycles. The third kappa shape index (κ3) is 3.74. The van der Waals surface area contributed by atoms with E-state index >= 15 is 0 Å². The van der Waals surface area contributed by atoms with Gasteiger partial charge in [0.05, 0.1) is 10.3 Å². The Balaban J connectivity index is 2.03. The first-order valence-corrected chi connectivity index (χ1v) is 7.47. The van der Waals surface area contributed by atoms with Gasteiger partial charge >= 0.3 is 0 Å². The van der Waals surface area contributed by atoms with Crippen molar-refractivity contribution in [3.8, 4) is 0 Å². The SMILES string of the molecule is Cc1c(Cl)cccc1NC(=O)C(C)Sc1ccccn1. The van der Waals surface area contributed by atoms with Crippen molar-refractivity contribution in [2.24, 2.45) is 0 Å². The predicted molar refractivity (Wildman–Crippen MR) is 84.4 cm³/mol. The van der Waals surface area contributed by atoms with Crippen molar-refractivity contribution in [3.05, 3.63) is 53.2 Å². The molecule has 104 valence electrons. The number of carbonyl (C=O) groups is 1. The first-order chi connectivity index (χ1) is 9.58. The number of anilines is 1. The lowest BCUT2D eigenvalue weighted by Crippen LogP contribution is -2.22. The number of thioether (sulfide) groups is 1. The highest BCUT2D eigenvalue weighted by Crippen LogP contribution is 2.25. The summed E-state index contributed by atoms with van der Waals surface area (Å²) < 4.78 is 0. The molecule has 3 nitrogen and oxygen atoms in total. The zero-order valence-electron chi connectivity index (χ0n) is 11.3. The highest BCUT2D eigenvalue weighted by atomic mass is 35.5. The number of benzene rings is 1. The predicted octanol–water partition coefficient (Wildman–Crippen LogP) is 4.16. The molecular formula is C15H15ClN2OS. The van der Waals surface area contributed by atoms with Crippen LogP contribution in [0, 0.1) is 6.92 Å². The number of hydrogen-bond donors (Lipinski definition) is 1. The summed E-state index contributed by atoms with van der Waals surface area (Å²) in [7, 11) is 0. The lowest BCUT2D eigenvalue weighted by Gasteiger charge is -2.13. The molecule has 1 atom stereocenters. The Kier molecular flexibility index (Phi) is 5.04. The van der Waals surface area contributed by atoms with E-state index in [2.05, 4.69) is 10.3 Å². The van der Waals surface area contributed by atoms with Gasteiger partial charge in [0, 0.05) is 16.9 Å². The van der Waals surface area contributed by atoms with Crippen LogP contribution in [-0.4, -0.2) is 16.1 Å². The topological polar surface area (TPSA) is 42.0 Å². The van der Waals surface area contributed by atoms with E-state index in [1.165, 1.54) is 11.8 Å². The lowest BCUT2D eigenvalue weighted by molar-refractivity contribution is -0.115. The Morgan fingerprint density at radius 2 is 2.10 bits per heavy atom. The second kappa shape index (κ2) is 6.77. The third-order valence-electron chi connectivity index (χ3n) is 2.83. The molecule has 0 aliphatic carbocycles. The van der Waals surface area contributed by atoms with Gasteiger partial charge in [0.2, 0.25) is 5.91 Å². The van der Waals surface area contributed by atoms with Crippen LogP contribution in [0.4, 0.5) is 5.69 Å². The van der Waals surface area contributed by atoms with Crippen molar-refractivity contribution in [1.82, 2.24) is 4.98 Å². The second-order valence-corrected chi connectivity index (χ2v) is 6.10. The van der Waals surface area contributed by atoms with Gasteiger partial charge < -0.3 is 5.32 Å². The molecule has 0 aliphatic rings. The van der Waals surface area contributed by atoms with Gasteiger partial charge in [0.1, 0.15) is 0 Å². The third-order valence-corrected chi connectivity index (χ3v) is 4.29. The van der Waals surface area contributed by atoms with E-state index in [1.807, 2.05) is 44.2 Å². The Morgan fingerprint density at radius 3 is 2.80 bits per heavy atom. The van der Waals surface area contributed by atoms with E-state index in [1.54, 1.807) is 12.3 Å². The van der Waals surface area contributed by atoms with Gasteiger partial charge in [0.15, 0.2) is 0 Å². The van der Waals surface area contributed by atoms with Gasteiger partial charge in [-0.2, -0.15) is 0 Å². The molecule has 0 fully saturated rings. The van der Waals surface area contributed by atoms with Crippen LogP contribution < -0.4 is 5.32 Å². The molecule has 1 amide bonds. The summed E-state index contributed by atoms with van der Waals surface area (Å²) in [6.45, 7) is 3.74. The van der Waals surface area contributed by atoms with Gasteiger partial charge in [-0.1, -0.05) is 35.5 Å². The van der Waals surface area contributed by atoms with Gasteiger partial charge in [-0.3, -0.25) is 4.79 Å². The number of aromatic nitrogens is 1. The average Bonchev–Trinajstić information content (AvgIpc) is 2.45. The van der Waals surface area contributed by atoms with Crippen LogP contribution in [0.1, 0.15) is 12.5 Å². The maximum atomic E-state index is 12.2. The number of amides is 1. The smallest absolute Gasteiger partial charge is 0.237 e. The molecule has 0 saturated carbocycles. The average molecular weight is 307 g/mol. The Labute approximate surface area is 127 Å². The number of pyridine rings is 1. The summed E-state index contributed by atoms with van der Waals surface area (Å²) in [5, 5.41) is 4.14. The molecule has 0 bridgehead atoms. The number of halogens is 1. The van der Waals surface area contributed by atoms with Crippen LogP contribution in [0.15, 0.2) is 47.6 Å². The van der Waals surface area contributed by atoms with E-state index in [0.717, 1.165) is 16.3 Å². The molecule has 2 rings (SSSR count). The van der Waals surface area contributed by atoms with Gasteiger partial charge in [-0.15, -0.1) is 0 Å². The fourth-order valence-electron chi connectivity index (χ4n) is 1.63.